The standard InChI is InChI=1S/C14H18N2O2S/c1-10-4-5-13-15-12(8-16(13)7-10)9-19-11(2)6-14(17)18-3/h4-5,7-8,11H,6,9H2,1-3H3. The minimum atomic E-state index is -0.161. The topological polar surface area (TPSA) is 43.6 Å². The predicted molar refractivity (Wildman–Crippen MR) is 77.3 cm³/mol. The van der Waals surface area contributed by atoms with Crippen LogP contribution in [0.4, 0.5) is 0 Å². The molecule has 0 aliphatic heterocycles. The van der Waals surface area contributed by atoms with Crippen LogP contribution in [0.1, 0.15) is 24.6 Å². The van der Waals surface area contributed by atoms with Crippen molar-refractivity contribution in [1.82, 2.24) is 9.38 Å². The van der Waals surface area contributed by atoms with Gasteiger partial charge < -0.3 is 9.14 Å². The van der Waals surface area contributed by atoms with E-state index < -0.39 is 0 Å². The van der Waals surface area contributed by atoms with Gasteiger partial charge in [0.1, 0.15) is 5.65 Å². The zero-order valence-electron chi connectivity index (χ0n) is 11.4. The van der Waals surface area contributed by atoms with Crippen LogP contribution in [-0.2, 0) is 15.3 Å². The van der Waals surface area contributed by atoms with E-state index in [-0.39, 0.29) is 11.2 Å². The molecule has 0 amide bonds. The molecule has 1 atom stereocenters. The van der Waals surface area contributed by atoms with Crippen molar-refractivity contribution in [1.29, 1.82) is 0 Å². The summed E-state index contributed by atoms with van der Waals surface area (Å²) >= 11 is 1.72. The number of methoxy groups -OCH3 is 1. The Balaban J connectivity index is 1.96. The second kappa shape index (κ2) is 6.10. The number of hydrogen-bond donors (Lipinski definition) is 0. The maximum absolute atomic E-state index is 11.2. The van der Waals surface area contributed by atoms with Crippen molar-refractivity contribution < 1.29 is 9.53 Å². The monoisotopic (exact) mass is 278 g/mol. The first-order valence-corrected chi connectivity index (χ1v) is 7.26. The van der Waals surface area contributed by atoms with E-state index in [9.17, 15) is 4.79 Å². The molecule has 1 unspecified atom stereocenters. The molecule has 102 valence electrons. The molecule has 5 heteroatoms. The molecule has 0 aromatic carbocycles. The van der Waals surface area contributed by atoms with Crippen molar-refractivity contribution in [2.45, 2.75) is 31.3 Å². The molecule has 2 rings (SSSR count). The van der Waals surface area contributed by atoms with Crippen molar-refractivity contribution in [2.24, 2.45) is 0 Å². The van der Waals surface area contributed by atoms with Crippen LogP contribution >= 0.6 is 11.8 Å². The lowest BCUT2D eigenvalue weighted by molar-refractivity contribution is -0.140. The Morgan fingerprint density at radius 2 is 2.26 bits per heavy atom. The molecule has 0 spiro atoms. The lowest BCUT2D eigenvalue weighted by Gasteiger charge is -2.07. The number of carbonyl (C=O) groups excluding carboxylic acids is 1. The van der Waals surface area contributed by atoms with Gasteiger partial charge in [0.05, 0.1) is 19.2 Å². The molecule has 0 aliphatic carbocycles. The number of nitrogens with zero attached hydrogens (tertiary/aromatic N) is 2. The number of thioether (sulfide) groups is 1. The van der Waals surface area contributed by atoms with Gasteiger partial charge in [-0.2, -0.15) is 11.8 Å². The molecule has 0 bridgehead atoms. The van der Waals surface area contributed by atoms with Crippen LogP contribution < -0.4 is 0 Å². The molecule has 0 radical (unpaired) electrons. The third kappa shape index (κ3) is 3.73. The minimum absolute atomic E-state index is 0.161. The highest BCUT2D eigenvalue weighted by Crippen LogP contribution is 2.20. The van der Waals surface area contributed by atoms with Gasteiger partial charge in [0, 0.05) is 23.4 Å². The second-order valence-electron chi connectivity index (χ2n) is 4.61. The Morgan fingerprint density at radius 3 is 3.00 bits per heavy atom. The van der Waals surface area contributed by atoms with Crippen molar-refractivity contribution in [3.63, 3.8) is 0 Å². The van der Waals surface area contributed by atoms with Crippen LogP contribution in [0.3, 0.4) is 0 Å². The summed E-state index contributed by atoms with van der Waals surface area (Å²) in [5.41, 5.74) is 3.21. The van der Waals surface area contributed by atoms with Crippen LogP contribution in [0.25, 0.3) is 5.65 Å². The SMILES string of the molecule is COC(=O)CC(C)SCc1cn2cc(C)ccc2n1. The summed E-state index contributed by atoms with van der Waals surface area (Å²) in [4.78, 5) is 15.7. The molecule has 0 saturated heterocycles. The third-order valence-corrected chi connectivity index (χ3v) is 4.04. The fourth-order valence-corrected chi connectivity index (χ4v) is 2.68. The summed E-state index contributed by atoms with van der Waals surface area (Å²) < 4.78 is 6.70. The zero-order valence-corrected chi connectivity index (χ0v) is 12.2. The molecule has 2 aromatic heterocycles. The van der Waals surface area contributed by atoms with Crippen molar-refractivity contribution in [3.8, 4) is 0 Å². The number of pyridine rings is 1. The normalized spacial score (nSPS) is 12.6. The number of imidazole rings is 1. The Morgan fingerprint density at radius 1 is 1.47 bits per heavy atom. The molecule has 2 aromatic rings. The molecule has 0 fully saturated rings. The average molecular weight is 278 g/mol. The van der Waals surface area contributed by atoms with E-state index in [2.05, 4.69) is 28.9 Å². The van der Waals surface area contributed by atoms with Gasteiger partial charge in [0.2, 0.25) is 0 Å². The Bertz CT molecular complexity index is 580. The summed E-state index contributed by atoms with van der Waals surface area (Å²) in [6.07, 6.45) is 4.54. The maximum Gasteiger partial charge on any atom is 0.306 e. The highest BCUT2D eigenvalue weighted by Gasteiger charge is 2.11. The number of fused-ring (bicyclic) bond motifs is 1. The van der Waals surface area contributed by atoms with Gasteiger partial charge in [-0.15, -0.1) is 0 Å². The van der Waals surface area contributed by atoms with Gasteiger partial charge >= 0.3 is 5.97 Å². The second-order valence-corrected chi connectivity index (χ2v) is 6.03. The van der Waals surface area contributed by atoms with E-state index in [1.54, 1.807) is 11.8 Å². The largest absolute Gasteiger partial charge is 0.469 e. The first kappa shape index (κ1) is 13.9. The molecular formula is C14H18N2O2S. The number of ether oxygens (including phenoxy) is 1. The average Bonchev–Trinajstić information content (AvgIpc) is 2.78. The van der Waals surface area contributed by atoms with Gasteiger partial charge in [0.25, 0.3) is 0 Å². The fourth-order valence-electron chi connectivity index (χ4n) is 1.83. The van der Waals surface area contributed by atoms with E-state index in [0.717, 1.165) is 17.1 Å². The molecule has 0 aliphatic rings. The number of carbonyl (C=O) groups is 1. The van der Waals surface area contributed by atoms with E-state index in [1.165, 1.54) is 12.7 Å². The molecule has 2 heterocycles. The minimum Gasteiger partial charge on any atom is -0.469 e. The van der Waals surface area contributed by atoms with E-state index >= 15 is 0 Å². The first-order valence-electron chi connectivity index (χ1n) is 6.21. The Hall–Kier alpha value is -1.49. The van der Waals surface area contributed by atoms with Gasteiger partial charge in [-0.05, 0) is 18.6 Å². The maximum atomic E-state index is 11.2. The lowest BCUT2D eigenvalue weighted by Crippen LogP contribution is -2.08. The van der Waals surface area contributed by atoms with Crippen molar-refractivity contribution in [2.75, 3.05) is 7.11 Å². The summed E-state index contributed by atoms with van der Waals surface area (Å²) in [6, 6.07) is 4.07. The molecule has 4 nitrogen and oxygen atoms in total. The van der Waals surface area contributed by atoms with Crippen LogP contribution in [-0.4, -0.2) is 27.7 Å². The lowest BCUT2D eigenvalue weighted by atomic mass is 10.3. The Kier molecular flexibility index (Phi) is 4.47. The van der Waals surface area contributed by atoms with Crippen molar-refractivity contribution >= 4 is 23.4 Å². The smallest absolute Gasteiger partial charge is 0.306 e. The number of aromatic nitrogens is 2. The van der Waals surface area contributed by atoms with Gasteiger partial charge in [0.15, 0.2) is 0 Å². The first-order chi connectivity index (χ1) is 9.08. The summed E-state index contributed by atoms with van der Waals surface area (Å²) in [6.45, 7) is 4.09. The molecule has 19 heavy (non-hydrogen) atoms. The zero-order chi connectivity index (χ0) is 13.8. The summed E-state index contributed by atoms with van der Waals surface area (Å²) in [7, 11) is 1.42. The highest BCUT2D eigenvalue weighted by molar-refractivity contribution is 7.99. The van der Waals surface area contributed by atoms with E-state index in [1.807, 2.05) is 23.6 Å². The van der Waals surface area contributed by atoms with Gasteiger partial charge in [-0.25, -0.2) is 4.98 Å². The summed E-state index contributed by atoms with van der Waals surface area (Å²) in [5.74, 6) is 0.643. The number of esters is 1. The number of hydrogen-bond acceptors (Lipinski definition) is 4. The highest BCUT2D eigenvalue weighted by atomic mass is 32.2. The van der Waals surface area contributed by atoms with Gasteiger partial charge in [-0.1, -0.05) is 13.0 Å². The van der Waals surface area contributed by atoms with Crippen LogP contribution in [0.5, 0.6) is 0 Å². The van der Waals surface area contributed by atoms with Crippen molar-refractivity contribution in [3.05, 3.63) is 35.8 Å². The molecule has 0 N–H and O–H groups in total. The molecular weight excluding hydrogens is 260 g/mol. The number of aryl methyl sites for hydroxylation is 1. The van der Waals surface area contributed by atoms with Crippen LogP contribution in [0, 0.1) is 6.92 Å². The Labute approximate surface area is 117 Å². The third-order valence-electron chi connectivity index (χ3n) is 2.85. The fraction of sp³-hybridized carbons (Fsp3) is 0.429. The van der Waals surface area contributed by atoms with Crippen LogP contribution in [0.15, 0.2) is 24.5 Å². The predicted octanol–water partition coefficient (Wildman–Crippen LogP) is 2.83. The summed E-state index contributed by atoms with van der Waals surface area (Å²) in [5, 5.41) is 0.235. The van der Waals surface area contributed by atoms with Gasteiger partial charge in [-0.3, -0.25) is 4.79 Å². The quantitative estimate of drug-likeness (QED) is 0.789. The molecule has 0 saturated carbocycles. The van der Waals surface area contributed by atoms with E-state index in [4.69, 9.17) is 0 Å². The number of rotatable bonds is 5. The van der Waals surface area contributed by atoms with E-state index in [0.29, 0.717) is 6.42 Å². The van der Waals surface area contributed by atoms with Crippen LogP contribution in [0.2, 0.25) is 0 Å².